The van der Waals surface area contributed by atoms with Crippen LogP contribution in [0.4, 0.5) is 5.69 Å². The fourth-order valence-corrected chi connectivity index (χ4v) is 9.69. The summed E-state index contributed by atoms with van der Waals surface area (Å²) >= 11 is 0. The van der Waals surface area contributed by atoms with Crippen LogP contribution in [0.25, 0.3) is 94.8 Å². The summed E-state index contributed by atoms with van der Waals surface area (Å²) in [6, 6.07) is 82.7. The molecule has 1 aliphatic rings. The van der Waals surface area contributed by atoms with Gasteiger partial charge in [-0.3, -0.25) is 0 Å². The lowest BCUT2D eigenvalue weighted by Crippen LogP contribution is -2.80. The second-order valence-corrected chi connectivity index (χ2v) is 16.3. The average molecular weight is 806 g/mol. The monoisotopic (exact) mass is 805 g/mol. The maximum absolute atomic E-state index is 5.14. The van der Waals surface area contributed by atoms with Crippen LogP contribution in [-0.4, -0.2) is 14.5 Å². The van der Waals surface area contributed by atoms with Crippen LogP contribution in [0.3, 0.4) is 0 Å². The SMILES string of the molecule is c1ccc(-c2cc(-c3ccccc3)nc(-c3cccc(-c4cccc(-c5cccc6c7c8c(ccc7n(-c7ccccc7)c56)-c5ccccc5[NH2+]C8c5ccccc5)c4)c3)n2)cc1. The van der Waals surface area contributed by atoms with Crippen LogP contribution < -0.4 is 5.32 Å². The van der Waals surface area contributed by atoms with Crippen molar-refractivity contribution in [2.24, 2.45) is 0 Å². The molecule has 0 spiro atoms. The number of nitrogens with two attached hydrogens (primary N) is 1. The van der Waals surface area contributed by atoms with E-state index < -0.39 is 0 Å². The molecule has 1 aliphatic heterocycles. The van der Waals surface area contributed by atoms with Crippen LogP contribution in [0, 0.1) is 0 Å². The molecule has 2 aromatic heterocycles. The number of hydrogen-bond donors (Lipinski definition) is 1. The highest BCUT2D eigenvalue weighted by atomic mass is 15.0. The third-order valence-electron chi connectivity index (χ3n) is 12.6. The van der Waals surface area contributed by atoms with E-state index in [0.717, 1.165) is 50.5 Å². The van der Waals surface area contributed by atoms with Gasteiger partial charge < -0.3 is 9.88 Å². The van der Waals surface area contributed by atoms with Crippen LogP contribution >= 0.6 is 0 Å². The van der Waals surface area contributed by atoms with Crippen molar-refractivity contribution < 1.29 is 5.32 Å². The molecular formula is C59H41N4+. The Balaban J connectivity index is 1.04. The van der Waals surface area contributed by atoms with Crippen molar-refractivity contribution in [1.29, 1.82) is 0 Å². The molecular weight excluding hydrogens is 765 g/mol. The fourth-order valence-electron chi connectivity index (χ4n) is 9.69. The quantitative estimate of drug-likeness (QED) is 0.163. The molecule has 2 N–H and O–H groups in total. The number of hydrogen-bond acceptors (Lipinski definition) is 2. The van der Waals surface area contributed by atoms with Crippen molar-refractivity contribution in [1.82, 2.24) is 14.5 Å². The zero-order chi connectivity index (χ0) is 41.7. The smallest absolute Gasteiger partial charge is 0.160 e. The Morgan fingerprint density at radius 2 is 0.937 bits per heavy atom. The van der Waals surface area contributed by atoms with Crippen LogP contribution in [0.15, 0.2) is 231 Å². The first-order valence-corrected chi connectivity index (χ1v) is 21.6. The van der Waals surface area contributed by atoms with Gasteiger partial charge in [-0.2, -0.15) is 0 Å². The van der Waals surface area contributed by atoms with E-state index in [-0.39, 0.29) is 6.04 Å². The molecule has 0 aliphatic carbocycles. The van der Waals surface area contributed by atoms with Gasteiger partial charge in [-0.05, 0) is 70.8 Å². The minimum Gasteiger partial charge on any atom is -0.309 e. The highest BCUT2D eigenvalue weighted by Gasteiger charge is 2.33. The molecule has 9 aromatic carbocycles. The average Bonchev–Trinajstić information content (AvgIpc) is 3.72. The van der Waals surface area contributed by atoms with Gasteiger partial charge in [-0.15, -0.1) is 0 Å². The third kappa shape index (κ3) is 6.44. The first-order chi connectivity index (χ1) is 31.2. The van der Waals surface area contributed by atoms with Crippen molar-refractivity contribution in [3.63, 3.8) is 0 Å². The molecule has 1 unspecified atom stereocenters. The highest BCUT2D eigenvalue weighted by Crippen LogP contribution is 2.47. The van der Waals surface area contributed by atoms with E-state index in [0.29, 0.717) is 5.82 Å². The molecule has 1 atom stereocenters. The second-order valence-electron chi connectivity index (χ2n) is 16.3. The van der Waals surface area contributed by atoms with Crippen LogP contribution in [0.2, 0.25) is 0 Å². The maximum atomic E-state index is 5.14. The summed E-state index contributed by atoms with van der Waals surface area (Å²) in [4.78, 5) is 10.3. The highest BCUT2D eigenvalue weighted by molar-refractivity contribution is 6.17. The van der Waals surface area contributed by atoms with Gasteiger partial charge in [0.2, 0.25) is 0 Å². The van der Waals surface area contributed by atoms with Crippen LogP contribution in [-0.2, 0) is 0 Å². The zero-order valence-corrected chi connectivity index (χ0v) is 34.4. The van der Waals surface area contributed by atoms with Gasteiger partial charge in [0.25, 0.3) is 0 Å². The van der Waals surface area contributed by atoms with E-state index in [1.165, 1.54) is 55.3 Å². The molecule has 12 rings (SSSR count). The fraction of sp³-hybridized carbons (Fsp3) is 0.0169. The van der Waals surface area contributed by atoms with Crippen molar-refractivity contribution in [2.75, 3.05) is 0 Å². The largest absolute Gasteiger partial charge is 0.309 e. The van der Waals surface area contributed by atoms with Crippen LogP contribution in [0.5, 0.6) is 0 Å². The molecule has 4 heteroatoms. The lowest BCUT2D eigenvalue weighted by Gasteiger charge is -2.27. The Kier molecular flexibility index (Phi) is 8.95. The van der Waals surface area contributed by atoms with Gasteiger partial charge in [0.1, 0.15) is 11.7 Å². The van der Waals surface area contributed by atoms with Gasteiger partial charge in [-0.25, -0.2) is 9.97 Å². The molecule has 0 radical (unpaired) electrons. The lowest BCUT2D eigenvalue weighted by atomic mass is 9.83. The summed E-state index contributed by atoms with van der Waals surface area (Å²) in [6.07, 6.45) is 0. The van der Waals surface area contributed by atoms with E-state index in [1.54, 1.807) is 0 Å². The van der Waals surface area contributed by atoms with E-state index >= 15 is 0 Å². The molecule has 0 amide bonds. The van der Waals surface area contributed by atoms with E-state index in [1.807, 2.05) is 12.1 Å². The number of rotatable bonds is 7. The van der Waals surface area contributed by atoms with Crippen molar-refractivity contribution in [3.05, 3.63) is 242 Å². The number of quaternary nitrogens is 1. The molecule has 0 bridgehead atoms. The van der Waals surface area contributed by atoms with E-state index in [9.17, 15) is 0 Å². The van der Waals surface area contributed by atoms with Crippen LogP contribution in [0.1, 0.15) is 17.2 Å². The number of benzene rings is 9. The Labute approximate surface area is 366 Å². The predicted octanol–water partition coefficient (Wildman–Crippen LogP) is 13.9. The molecule has 0 saturated heterocycles. The Hall–Kier alpha value is -8.18. The normalized spacial score (nSPS) is 13.2. The number of fused-ring (bicyclic) bond motifs is 7. The molecule has 3 heterocycles. The molecule has 4 nitrogen and oxygen atoms in total. The molecule has 296 valence electrons. The summed E-state index contributed by atoms with van der Waals surface area (Å²) in [5.74, 6) is 0.697. The minimum absolute atomic E-state index is 0.0926. The third-order valence-corrected chi connectivity index (χ3v) is 12.6. The molecule has 0 fully saturated rings. The predicted molar refractivity (Wildman–Crippen MR) is 259 cm³/mol. The van der Waals surface area contributed by atoms with Crippen molar-refractivity contribution >= 4 is 27.5 Å². The van der Waals surface area contributed by atoms with Gasteiger partial charge in [0.15, 0.2) is 5.82 Å². The maximum Gasteiger partial charge on any atom is 0.160 e. The molecule has 63 heavy (non-hydrogen) atoms. The topological polar surface area (TPSA) is 47.3 Å². The van der Waals surface area contributed by atoms with Crippen molar-refractivity contribution in [2.45, 2.75) is 6.04 Å². The zero-order valence-electron chi connectivity index (χ0n) is 34.4. The molecule has 11 aromatic rings. The summed E-state index contributed by atoms with van der Waals surface area (Å²) in [6.45, 7) is 0. The Morgan fingerprint density at radius 1 is 0.397 bits per heavy atom. The van der Waals surface area contributed by atoms with E-state index in [4.69, 9.17) is 9.97 Å². The summed E-state index contributed by atoms with van der Waals surface area (Å²) in [7, 11) is 0. The van der Waals surface area contributed by atoms with Crippen molar-refractivity contribution in [3.8, 4) is 73.0 Å². The lowest BCUT2D eigenvalue weighted by molar-refractivity contribution is -0.608. The first-order valence-electron chi connectivity index (χ1n) is 21.6. The summed E-state index contributed by atoms with van der Waals surface area (Å²) in [5, 5.41) is 5.00. The molecule has 0 saturated carbocycles. The summed E-state index contributed by atoms with van der Waals surface area (Å²) < 4.78 is 2.48. The minimum atomic E-state index is 0.0926. The Bertz CT molecular complexity index is 3410. The van der Waals surface area contributed by atoms with Gasteiger partial charge >= 0.3 is 0 Å². The second kappa shape index (κ2) is 15.4. The Morgan fingerprint density at radius 3 is 1.63 bits per heavy atom. The standard InChI is InChI=1S/C59H40N4/c1-5-18-39(19-6-1)52-38-53(40-20-7-2-8-21-40)62-59(61-52)45-27-16-25-43(37-45)42-24-15-26-44(36-42)47-31-17-32-50-55-54(63(58(47)50)46-28-11-4-12-29-46)35-34-49-48-30-13-14-33-51(48)60-57(56(49)55)41-22-9-3-10-23-41/h1-38,57,60H/p+1. The number of para-hydroxylation sites is 3. The number of aromatic nitrogens is 3. The summed E-state index contributed by atoms with van der Waals surface area (Å²) in [5.41, 5.74) is 19.5. The van der Waals surface area contributed by atoms with E-state index in [2.05, 4.69) is 228 Å². The van der Waals surface area contributed by atoms with Gasteiger partial charge in [0, 0.05) is 55.4 Å². The number of nitrogens with zero attached hydrogens (tertiary/aromatic N) is 3. The first kappa shape index (κ1) is 36.7. The van der Waals surface area contributed by atoms with Gasteiger partial charge in [-0.1, -0.05) is 182 Å². The van der Waals surface area contributed by atoms with Gasteiger partial charge in [0.05, 0.1) is 22.4 Å².